The van der Waals surface area contributed by atoms with Crippen LogP contribution in [-0.2, 0) is 32.6 Å². The summed E-state index contributed by atoms with van der Waals surface area (Å²) in [6.07, 6.45) is 0.908. The molecule has 4 aromatic rings. The van der Waals surface area contributed by atoms with Gasteiger partial charge in [0.1, 0.15) is 18.3 Å². The second-order valence-electron chi connectivity index (χ2n) is 10.3. The summed E-state index contributed by atoms with van der Waals surface area (Å²) in [5, 5.41) is 3.75. The number of ether oxygens (including phenoxy) is 1. The fraction of sp³-hybridized carbons (Fsp3) is 0.235. The van der Waals surface area contributed by atoms with E-state index in [1.54, 1.807) is 36.4 Å². The molecule has 1 atom stereocenters. The van der Waals surface area contributed by atoms with Crippen molar-refractivity contribution >= 4 is 50.7 Å². The normalized spacial score (nSPS) is 11.8. The first-order chi connectivity index (χ1) is 21.6. The lowest BCUT2D eigenvalue weighted by atomic mass is 10.0. The third kappa shape index (κ3) is 8.78. The van der Waals surface area contributed by atoms with Gasteiger partial charge in [0.25, 0.3) is 10.0 Å². The van der Waals surface area contributed by atoms with Gasteiger partial charge in [-0.3, -0.25) is 13.9 Å². The molecule has 4 aromatic carbocycles. The maximum absolute atomic E-state index is 14.4. The molecule has 0 bridgehead atoms. The number of nitrogens with one attached hydrogen (secondary N) is 1. The Morgan fingerprint density at radius 3 is 2.13 bits per heavy atom. The van der Waals surface area contributed by atoms with E-state index in [0.717, 1.165) is 9.87 Å². The minimum atomic E-state index is -4.26. The van der Waals surface area contributed by atoms with Crippen molar-refractivity contribution in [1.29, 1.82) is 0 Å². The highest BCUT2D eigenvalue weighted by Gasteiger charge is 2.34. The van der Waals surface area contributed by atoms with Gasteiger partial charge in [0.15, 0.2) is 0 Å². The van der Waals surface area contributed by atoms with Gasteiger partial charge in [-0.05, 0) is 72.1 Å². The summed E-state index contributed by atoms with van der Waals surface area (Å²) in [5.41, 5.74) is 1.69. The number of benzene rings is 4. The van der Waals surface area contributed by atoms with Crippen LogP contribution >= 0.6 is 23.2 Å². The Morgan fingerprint density at radius 1 is 0.867 bits per heavy atom. The van der Waals surface area contributed by atoms with Gasteiger partial charge in [0.2, 0.25) is 11.8 Å². The predicted octanol–water partition coefficient (Wildman–Crippen LogP) is 6.36. The lowest BCUT2D eigenvalue weighted by molar-refractivity contribution is -0.140. The molecule has 0 aliphatic carbocycles. The molecule has 0 saturated heterocycles. The second kappa shape index (κ2) is 15.8. The summed E-state index contributed by atoms with van der Waals surface area (Å²) in [7, 11) is -2.78. The van der Waals surface area contributed by atoms with Crippen LogP contribution in [0.2, 0.25) is 10.0 Å². The molecule has 0 heterocycles. The summed E-state index contributed by atoms with van der Waals surface area (Å²) in [6, 6.07) is 27.5. The number of rotatable bonds is 14. The molecule has 0 unspecified atom stereocenters. The first kappa shape index (κ1) is 33.8. The number of carbonyl (C=O) groups is 2. The average molecular weight is 669 g/mol. The van der Waals surface area contributed by atoms with E-state index in [0.29, 0.717) is 34.3 Å². The number of amides is 2. The van der Waals surface area contributed by atoms with Gasteiger partial charge in [-0.15, -0.1) is 0 Å². The zero-order valence-corrected chi connectivity index (χ0v) is 27.4. The first-order valence-corrected chi connectivity index (χ1v) is 16.6. The Kier molecular flexibility index (Phi) is 11.9. The third-order valence-corrected chi connectivity index (χ3v) is 9.57. The number of halogens is 2. The van der Waals surface area contributed by atoms with Crippen LogP contribution in [0.15, 0.2) is 108 Å². The second-order valence-corrected chi connectivity index (χ2v) is 13.0. The van der Waals surface area contributed by atoms with Crippen LogP contribution in [0.5, 0.6) is 5.75 Å². The molecule has 0 radical (unpaired) electrons. The van der Waals surface area contributed by atoms with E-state index >= 15 is 0 Å². The van der Waals surface area contributed by atoms with Crippen LogP contribution in [0.4, 0.5) is 5.69 Å². The van der Waals surface area contributed by atoms with E-state index in [1.165, 1.54) is 48.4 Å². The zero-order chi connectivity index (χ0) is 32.4. The smallest absolute Gasteiger partial charge is 0.264 e. The van der Waals surface area contributed by atoms with Crippen molar-refractivity contribution in [3.8, 4) is 5.75 Å². The molecule has 45 heavy (non-hydrogen) atoms. The largest absolute Gasteiger partial charge is 0.497 e. The Balaban J connectivity index is 1.80. The molecule has 4 rings (SSSR count). The minimum Gasteiger partial charge on any atom is -0.497 e. The van der Waals surface area contributed by atoms with Gasteiger partial charge in [0, 0.05) is 29.6 Å². The summed E-state index contributed by atoms with van der Waals surface area (Å²) in [5.74, 6) is -0.456. The minimum absolute atomic E-state index is 0.0212. The number of hydrogen-bond donors (Lipinski definition) is 1. The first-order valence-electron chi connectivity index (χ1n) is 14.4. The molecular weight excluding hydrogens is 633 g/mol. The molecule has 236 valence electrons. The highest BCUT2D eigenvalue weighted by atomic mass is 35.5. The zero-order valence-electron chi connectivity index (χ0n) is 25.0. The monoisotopic (exact) mass is 667 g/mol. The van der Waals surface area contributed by atoms with Crippen molar-refractivity contribution in [3.63, 3.8) is 0 Å². The summed E-state index contributed by atoms with van der Waals surface area (Å²) >= 11 is 12.7. The summed E-state index contributed by atoms with van der Waals surface area (Å²) < 4.78 is 34.4. The van der Waals surface area contributed by atoms with Gasteiger partial charge in [-0.25, -0.2) is 8.42 Å². The molecule has 0 spiro atoms. The van der Waals surface area contributed by atoms with Crippen molar-refractivity contribution in [1.82, 2.24) is 10.2 Å². The lowest BCUT2D eigenvalue weighted by Crippen LogP contribution is -2.53. The van der Waals surface area contributed by atoms with Gasteiger partial charge >= 0.3 is 0 Å². The molecule has 0 aromatic heterocycles. The van der Waals surface area contributed by atoms with Crippen molar-refractivity contribution < 1.29 is 22.7 Å². The topological polar surface area (TPSA) is 96.0 Å². The Hall–Kier alpha value is -4.05. The van der Waals surface area contributed by atoms with Crippen molar-refractivity contribution in [3.05, 3.63) is 124 Å². The van der Waals surface area contributed by atoms with E-state index in [4.69, 9.17) is 27.9 Å². The Bertz CT molecular complexity index is 1690. The van der Waals surface area contributed by atoms with E-state index in [-0.39, 0.29) is 29.5 Å². The number of sulfonamides is 1. The van der Waals surface area contributed by atoms with Crippen molar-refractivity contribution in [2.45, 2.75) is 37.2 Å². The van der Waals surface area contributed by atoms with Gasteiger partial charge < -0.3 is 15.0 Å². The maximum Gasteiger partial charge on any atom is 0.264 e. The lowest BCUT2D eigenvalue weighted by Gasteiger charge is -2.34. The molecular formula is C34H35Cl2N3O5S. The fourth-order valence-corrected chi connectivity index (χ4v) is 6.48. The van der Waals surface area contributed by atoms with E-state index < -0.39 is 28.5 Å². The number of nitrogens with zero attached hydrogens (tertiary/aromatic N) is 2. The average Bonchev–Trinajstić information content (AvgIpc) is 3.05. The molecule has 0 aliphatic rings. The Morgan fingerprint density at radius 2 is 1.51 bits per heavy atom. The van der Waals surface area contributed by atoms with Gasteiger partial charge in [0.05, 0.1) is 17.7 Å². The Labute approximate surface area is 274 Å². The van der Waals surface area contributed by atoms with Gasteiger partial charge in [-0.1, -0.05) is 78.7 Å². The fourth-order valence-electron chi connectivity index (χ4n) is 4.74. The highest BCUT2D eigenvalue weighted by molar-refractivity contribution is 7.92. The van der Waals surface area contributed by atoms with Crippen molar-refractivity contribution in [2.24, 2.45) is 0 Å². The SMILES string of the molecule is CCCNC(=O)[C@@H](Cc1ccccc1)N(Cc1ccccc1Cl)C(=O)CN(c1ccc(Cl)cc1)S(=O)(=O)c1ccc(OC)cc1. The van der Waals surface area contributed by atoms with Crippen LogP contribution < -0.4 is 14.4 Å². The van der Waals surface area contributed by atoms with E-state index in [9.17, 15) is 18.0 Å². The van der Waals surface area contributed by atoms with E-state index in [1.807, 2.05) is 37.3 Å². The number of methoxy groups -OCH3 is 1. The molecule has 0 saturated carbocycles. The van der Waals surface area contributed by atoms with Crippen LogP contribution in [0.1, 0.15) is 24.5 Å². The third-order valence-electron chi connectivity index (χ3n) is 7.16. The number of hydrogen-bond acceptors (Lipinski definition) is 5. The predicted molar refractivity (Wildman–Crippen MR) is 178 cm³/mol. The van der Waals surface area contributed by atoms with Crippen LogP contribution in [-0.4, -0.2) is 51.4 Å². The van der Waals surface area contributed by atoms with E-state index in [2.05, 4.69) is 5.32 Å². The van der Waals surface area contributed by atoms with Gasteiger partial charge in [-0.2, -0.15) is 0 Å². The summed E-state index contributed by atoms with van der Waals surface area (Å²) in [6.45, 7) is 1.74. The van der Waals surface area contributed by atoms with Crippen LogP contribution in [0, 0.1) is 0 Å². The highest BCUT2D eigenvalue weighted by Crippen LogP contribution is 2.28. The van der Waals surface area contributed by atoms with Crippen molar-refractivity contribution in [2.75, 3.05) is 24.5 Å². The standard InChI is InChI=1S/C34H35Cl2N3O5S/c1-3-21-37-34(41)32(22-25-9-5-4-6-10-25)38(23-26-11-7-8-12-31(26)36)33(40)24-39(28-15-13-27(35)14-16-28)45(42,43)30-19-17-29(44-2)18-20-30/h4-20,32H,3,21-24H2,1-2H3,(H,37,41)/t32-/m1/s1. The summed E-state index contributed by atoms with van der Waals surface area (Å²) in [4.78, 5) is 29.5. The molecule has 8 nitrogen and oxygen atoms in total. The van der Waals surface area contributed by atoms with Crippen LogP contribution in [0.25, 0.3) is 0 Å². The molecule has 2 amide bonds. The molecule has 0 aliphatic heterocycles. The quantitative estimate of drug-likeness (QED) is 0.169. The molecule has 0 fully saturated rings. The maximum atomic E-state index is 14.4. The number of anilines is 1. The molecule has 1 N–H and O–H groups in total. The molecule has 11 heteroatoms. The number of carbonyl (C=O) groups excluding carboxylic acids is 2. The van der Waals surface area contributed by atoms with Crippen LogP contribution in [0.3, 0.4) is 0 Å².